The van der Waals surface area contributed by atoms with Crippen LogP contribution in [0.2, 0.25) is 0 Å². The van der Waals surface area contributed by atoms with Crippen molar-refractivity contribution in [2.45, 2.75) is 158 Å². The van der Waals surface area contributed by atoms with Crippen LogP contribution in [0.25, 0.3) is 10.8 Å². The molecule has 5 fully saturated rings. The number of piperidine rings is 1. The molecule has 0 aromatic heterocycles. The zero-order valence-corrected chi connectivity index (χ0v) is 42.0. The van der Waals surface area contributed by atoms with Crippen LogP contribution in [-0.4, -0.2) is 88.6 Å². The van der Waals surface area contributed by atoms with Gasteiger partial charge < -0.3 is 46.8 Å². The van der Waals surface area contributed by atoms with Gasteiger partial charge in [0.05, 0.1) is 31.2 Å². The Labute approximate surface area is 420 Å². The Morgan fingerprint density at radius 2 is 1.73 bits per heavy atom. The van der Waals surface area contributed by atoms with E-state index in [-0.39, 0.29) is 60.0 Å². The first-order valence-corrected chi connectivity index (χ1v) is 27.3. The van der Waals surface area contributed by atoms with Crippen molar-refractivity contribution in [3.8, 4) is 23.3 Å². The maximum absolute atomic E-state index is 14.8. The Kier molecular flexibility index (Phi) is 14.8. The van der Waals surface area contributed by atoms with Gasteiger partial charge in [0.25, 0.3) is 0 Å². The molecule has 71 heavy (non-hydrogen) atoms. The summed E-state index contributed by atoms with van der Waals surface area (Å²) in [7, 11) is 1.50. The molecule has 5 aliphatic carbocycles. The van der Waals surface area contributed by atoms with Crippen LogP contribution in [0.15, 0.2) is 78.1 Å². The molecule has 7 aliphatic rings. The number of phenolic OH excluding ortho intramolecular Hbond substituents is 1. The van der Waals surface area contributed by atoms with Crippen LogP contribution < -0.4 is 26.4 Å². The molecule has 3 aromatic carbocycles. The summed E-state index contributed by atoms with van der Waals surface area (Å²) in [6.07, 6.45) is 13.8. The van der Waals surface area contributed by atoms with E-state index < -0.39 is 29.6 Å². The molecule has 9 N–H and O–H groups in total. The molecule has 0 radical (unpaired) electrons. The average Bonchev–Trinajstić information content (AvgIpc) is 3.42. The third kappa shape index (κ3) is 9.93. The average molecular weight is 967 g/mol. The molecule has 380 valence electrons. The van der Waals surface area contributed by atoms with Gasteiger partial charge in [-0.1, -0.05) is 86.6 Å². The van der Waals surface area contributed by atoms with Crippen LogP contribution >= 0.6 is 0 Å². The van der Waals surface area contributed by atoms with Gasteiger partial charge in [-0.25, -0.2) is 0 Å². The molecule has 0 bridgehead atoms. The van der Waals surface area contributed by atoms with Crippen molar-refractivity contribution in [2.75, 3.05) is 26.7 Å². The Balaban J connectivity index is 0.928. The topological polar surface area (TPSA) is 186 Å². The second-order valence-corrected chi connectivity index (χ2v) is 22.8. The molecule has 10 rings (SSSR count). The van der Waals surface area contributed by atoms with Gasteiger partial charge in [0.2, 0.25) is 0 Å². The van der Waals surface area contributed by atoms with Crippen LogP contribution in [0.5, 0.6) is 11.5 Å². The first-order chi connectivity index (χ1) is 34.4. The van der Waals surface area contributed by atoms with Crippen LogP contribution in [0.1, 0.15) is 138 Å². The molecule has 11 nitrogen and oxygen atoms in total. The number of allylic oxidation sites excluding steroid dienone is 2. The molecule has 2 spiro atoms. The number of hydrogen-bond donors (Lipinski definition) is 8. The summed E-state index contributed by atoms with van der Waals surface area (Å²) in [4.78, 5) is 27.7. The number of fused-ring (bicyclic) bond motifs is 6. The van der Waals surface area contributed by atoms with Gasteiger partial charge >= 0.3 is 0 Å². The third-order valence-electron chi connectivity index (χ3n) is 19.0. The summed E-state index contributed by atoms with van der Waals surface area (Å²) in [6.45, 7) is 4.56. The second kappa shape index (κ2) is 21.0. The van der Waals surface area contributed by atoms with Gasteiger partial charge in [0.1, 0.15) is 11.2 Å². The molecule has 4 saturated carbocycles. The number of ketones is 2. The Morgan fingerprint density at radius 1 is 0.915 bits per heavy atom. The van der Waals surface area contributed by atoms with E-state index in [0.717, 1.165) is 66.2 Å². The minimum atomic E-state index is -1.28. The van der Waals surface area contributed by atoms with Crippen molar-refractivity contribution in [3.63, 3.8) is 0 Å². The zero-order valence-electron chi connectivity index (χ0n) is 42.0. The van der Waals surface area contributed by atoms with Crippen molar-refractivity contribution < 1.29 is 34.8 Å². The lowest BCUT2D eigenvalue weighted by atomic mass is 9.49. The lowest BCUT2D eigenvalue weighted by molar-refractivity contribution is -0.137. The minimum absolute atomic E-state index is 0.0431. The largest absolute Gasteiger partial charge is 0.504 e. The normalized spacial score (nSPS) is 32.8. The first kappa shape index (κ1) is 49.9. The van der Waals surface area contributed by atoms with Gasteiger partial charge in [-0.3, -0.25) is 9.59 Å². The van der Waals surface area contributed by atoms with E-state index in [9.17, 15) is 30.0 Å². The number of Topliss-reactive ketones (excluding diaryl/α,β-unsaturated/α-hetero) is 2. The number of nitrogens with one attached hydrogen (secondary N) is 3. The Morgan fingerprint density at radius 3 is 2.51 bits per heavy atom. The lowest BCUT2D eigenvalue weighted by Crippen LogP contribution is -2.69. The smallest absolute Gasteiger partial charge is 0.160 e. The maximum atomic E-state index is 14.8. The highest BCUT2D eigenvalue weighted by atomic mass is 16.5. The summed E-state index contributed by atoms with van der Waals surface area (Å²) in [5.74, 6) is 9.78. The number of aryl methyl sites for hydroxylation is 1. The molecule has 13 atom stereocenters. The summed E-state index contributed by atoms with van der Waals surface area (Å²) in [5, 5.41) is 61.3. The van der Waals surface area contributed by atoms with Crippen LogP contribution in [0, 0.1) is 52.8 Å². The number of benzene rings is 3. The molecule has 3 aromatic rings. The van der Waals surface area contributed by atoms with E-state index in [1.54, 1.807) is 12.1 Å². The van der Waals surface area contributed by atoms with E-state index in [1.165, 1.54) is 39.2 Å². The van der Waals surface area contributed by atoms with Gasteiger partial charge in [0.15, 0.2) is 17.3 Å². The molecule has 0 unspecified atom stereocenters. The molecule has 0 amide bonds. The standard InChI is InChI=1S/C60H78N4O7/c1-3-62-35-43-26-49-45-15-14-44(65)31-51(45)64-60(20-7-4-8-21-60)50(49)32-46(43)41-18-23-59(57(70)29-41)22-17-40(48-34-54(68)55(71-2)28-39(48)13-16-56(59)69)27-52(66)53(67)33-47(42-19-24-63-58(61)30-42)38-12-11-36-9-5-6-10-37(36)25-38/h5-6,9-12,19,25,28,30,34,40-41,43,45-47,49-53,57,62-64,66-68,70H,3-4,7-8,13-16,18,20-21,23-24,26-27,29,31-33,35,61H2,1-2H3/t40-,41+,43+,45-,46-,47+,49+,50+,51-,52+,53-,57-,59-/m1/s1. The number of carbonyl (C=O) groups is 2. The predicted molar refractivity (Wildman–Crippen MR) is 277 cm³/mol. The predicted octanol–water partition coefficient (Wildman–Crippen LogP) is 7.83. The van der Waals surface area contributed by atoms with Crippen molar-refractivity contribution in [3.05, 3.63) is 94.8 Å². The fourth-order valence-corrected chi connectivity index (χ4v) is 15.4. The Bertz CT molecular complexity index is 2570. The Hall–Kier alpha value is -4.70. The van der Waals surface area contributed by atoms with E-state index in [2.05, 4.69) is 71.1 Å². The van der Waals surface area contributed by atoms with Crippen LogP contribution in [0.4, 0.5) is 0 Å². The molecule has 2 aliphatic heterocycles. The highest BCUT2D eigenvalue weighted by Crippen LogP contribution is 2.59. The van der Waals surface area contributed by atoms with Gasteiger partial charge in [-0.15, -0.1) is 0 Å². The fraction of sp³-hybridized carbons (Fsp3) is 0.600. The van der Waals surface area contributed by atoms with E-state index in [1.807, 2.05) is 18.2 Å². The van der Waals surface area contributed by atoms with Crippen molar-refractivity contribution in [1.82, 2.24) is 16.0 Å². The number of rotatable bonds is 12. The van der Waals surface area contributed by atoms with Gasteiger partial charge in [0, 0.05) is 49.2 Å². The monoisotopic (exact) mass is 967 g/mol. The van der Waals surface area contributed by atoms with Crippen molar-refractivity contribution >= 4 is 22.3 Å². The van der Waals surface area contributed by atoms with E-state index in [4.69, 9.17) is 10.5 Å². The minimum Gasteiger partial charge on any atom is -0.504 e. The quantitative estimate of drug-likeness (QED) is 0.0828. The highest BCUT2D eigenvalue weighted by molar-refractivity contribution is 5.89. The number of nitrogens with two attached hydrogens (primary N) is 1. The summed E-state index contributed by atoms with van der Waals surface area (Å²) < 4.78 is 5.56. The molecular formula is C60H78N4O7. The summed E-state index contributed by atoms with van der Waals surface area (Å²) in [6, 6.07) is 18.2. The molecule has 2 heterocycles. The zero-order chi connectivity index (χ0) is 49.4. The van der Waals surface area contributed by atoms with Gasteiger partial charge in [-0.2, -0.15) is 0 Å². The molecular weight excluding hydrogens is 889 g/mol. The number of ether oxygens (including phenoxy) is 1. The highest BCUT2D eigenvalue weighted by Gasteiger charge is 2.58. The SMILES string of the molecule is CCNC[C@@H]1C[C@H]2[C@H]3CCC(=O)C[C@H]3NC3(CCCCC3)[C@H]2C[C@@H]1[C@H]1CC[C@@]2(C#C[C@H](C[C@H](O)[C@H](O)C[C@H](C3=CCNC(N)=C3)c3ccc4ccccc4c3)c3cc(O)c(OC)cc3CCC2=O)[C@H](O)C1. The number of phenols is 1. The summed E-state index contributed by atoms with van der Waals surface area (Å²) in [5.41, 5.74) is 8.49. The maximum Gasteiger partial charge on any atom is 0.160 e. The van der Waals surface area contributed by atoms with E-state index in [0.29, 0.717) is 85.4 Å². The number of hydrogen-bond acceptors (Lipinski definition) is 11. The number of methoxy groups -OCH3 is 1. The number of aliphatic hydroxyl groups excluding tert-OH is 3. The second-order valence-electron chi connectivity index (χ2n) is 22.8. The summed E-state index contributed by atoms with van der Waals surface area (Å²) >= 11 is 0. The third-order valence-corrected chi connectivity index (χ3v) is 19.0. The number of dihydropyridines is 1. The van der Waals surface area contributed by atoms with Crippen molar-refractivity contribution in [1.29, 1.82) is 0 Å². The van der Waals surface area contributed by atoms with Crippen LogP contribution in [0.3, 0.4) is 0 Å². The van der Waals surface area contributed by atoms with E-state index >= 15 is 0 Å². The lowest BCUT2D eigenvalue weighted by Gasteiger charge is -2.62. The van der Waals surface area contributed by atoms with Gasteiger partial charge in [-0.05, 0) is 170 Å². The van der Waals surface area contributed by atoms with Crippen LogP contribution in [-0.2, 0) is 16.0 Å². The van der Waals surface area contributed by atoms with Crippen molar-refractivity contribution in [2.24, 2.45) is 46.7 Å². The number of carbonyl (C=O) groups excluding carboxylic acids is 2. The fourth-order valence-electron chi connectivity index (χ4n) is 15.4. The molecule has 11 heteroatoms. The molecule has 1 saturated heterocycles. The number of aliphatic hydroxyl groups is 3. The number of aromatic hydroxyl groups is 1. The first-order valence-electron chi connectivity index (χ1n) is 27.3.